The number of nitrogens with one attached hydrogen (secondary N) is 1. The molecule has 1 aromatic carbocycles. The van der Waals surface area contributed by atoms with E-state index >= 15 is 0 Å². The topological polar surface area (TPSA) is 51.2 Å². The summed E-state index contributed by atoms with van der Waals surface area (Å²) in [7, 11) is 1.50. The van der Waals surface area contributed by atoms with Crippen LogP contribution in [-0.2, 0) is 0 Å². The maximum atomic E-state index is 13.2. The van der Waals surface area contributed by atoms with Crippen LogP contribution >= 0.6 is 22.6 Å². The molecule has 0 fully saturated rings. The number of ether oxygens (including phenoxy) is 1. The number of anilines is 1. The Balaban J connectivity index is 2.28. The van der Waals surface area contributed by atoms with E-state index < -0.39 is 11.7 Å². The van der Waals surface area contributed by atoms with E-state index in [1.807, 2.05) is 22.6 Å². The van der Waals surface area contributed by atoms with Crippen LogP contribution in [0.15, 0.2) is 36.7 Å². The first-order valence-corrected chi connectivity index (χ1v) is 6.44. The number of pyridine rings is 1. The molecule has 1 N–H and O–H groups in total. The van der Waals surface area contributed by atoms with Crippen molar-refractivity contribution in [3.63, 3.8) is 0 Å². The zero-order valence-corrected chi connectivity index (χ0v) is 12.1. The molecule has 0 aliphatic heterocycles. The summed E-state index contributed by atoms with van der Waals surface area (Å²) in [6.45, 7) is 0. The molecule has 0 bridgehead atoms. The molecular weight excluding hydrogens is 362 g/mol. The van der Waals surface area contributed by atoms with Crippen LogP contribution in [-0.4, -0.2) is 18.0 Å². The van der Waals surface area contributed by atoms with Crippen LogP contribution in [0.1, 0.15) is 10.4 Å². The van der Waals surface area contributed by atoms with E-state index in [9.17, 15) is 9.18 Å². The van der Waals surface area contributed by atoms with Gasteiger partial charge in [0.15, 0.2) is 0 Å². The van der Waals surface area contributed by atoms with Gasteiger partial charge in [-0.25, -0.2) is 4.39 Å². The Kier molecular flexibility index (Phi) is 4.31. The first kappa shape index (κ1) is 13.7. The Hall–Kier alpha value is -1.70. The highest BCUT2D eigenvalue weighted by Gasteiger charge is 2.13. The molecular formula is C13H10FIN2O2. The van der Waals surface area contributed by atoms with Crippen LogP contribution in [0.5, 0.6) is 5.75 Å². The average molecular weight is 372 g/mol. The molecule has 0 saturated heterocycles. The number of aromatic nitrogens is 1. The van der Waals surface area contributed by atoms with Gasteiger partial charge in [-0.05, 0) is 40.8 Å². The maximum absolute atomic E-state index is 13.2. The minimum absolute atomic E-state index is 0.270. The number of methoxy groups -OCH3 is 1. The molecule has 1 amide bonds. The van der Waals surface area contributed by atoms with Gasteiger partial charge in [-0.1, -0.05) is 0 Å². The van der Waals surface area contributed by atoms with E-state index in [2.05, 4.69) is 10.3 Å². The summed E-state index contributed by atoms with van der Waals surface area (Å²) in [5, 5.41) is 2.65. The molecule has 4 nitrogen and oxygen atoms in total. The van der Waals surface area contributed by atoms with E-state index in [-0.39, 0.29) is 5.56 Å². The Morgan fingerprint density at radius 3 is 2.95 bits per heavy atom. The third kappa shape index (κ3) is 3.19. The van der Waals surface area contributed by atoms with E-state index in [4.69, 9.17) is 4.74 Å². The highest BCUT2D eigenvalue weighted by atomic mass is 127. The van der Waals surface area contributed by atoms with Crippen LogP contribution in [0.3, 0.4) is 0 Å². The fourth-order valence-electron chi connectivity index (χ4n) is 1.51. The third-order valence-corrected chi connectivity index (χ3v) is 3.36. The van der Waals surface area contributed by atoms with Gasteiger partial charge in [-0.15, -0.1) is 0 Å². The number of amides is 1. The number of nitrogens with zero attached hydrogens (tertiary/aromatic N) is 1. The molecule has 1 aromatic heterocycles. The first-order chi connectivity index (χ1) is 9.11. The molecule has 0 spiro atoms. The number of hydrogen-bond donors (Lipinski definition) is 1. The smallest absolute Gasteiger partial charge is 0.256 e. The molecule has 0 saturated carbocycles. The van der Waals surface area contributed by atoms with Crippen molar-refractivity contribution in [3.8, 4) is 5.75 Å². The lowest BCUT2D eigenvalue weighted by molar-refractivity contribution is 0.102. The van der Waals surface area contributed by atoms with Crippen molar-refractivity contribution < 1.29 is 13.9 Å². The zero-order valence-electron chi connectivity index (χ0n) is 9.98. The van der Waals surface area contributed by atoms with Gasteiger partial charge in [0.2, 0.25) is 0 Å². The summed E-state index contributed by atoms with van der Waals surface area (Å²) in [5.41, 5.74) is 0.710. The highest BCUT2D eigenvalue weighted by molar-refractivity contribution is 14.1. The minimum atomic E-state index is -0.455. The second-order valence-electron chi connectivity index (χ2n) is 3.65. The van der Waals surface area contributed by atoms with Crippen LogP contribution in [0.25, 0.3) is 0 Å². The standard InChI is InChI=1S/C13H10FIN2O2/c1-19-12-4-5-16-7-11(12)17-13(18)9-6-8(14)2-3-10(9)15/h2-7H,1H3,(H,17,18). The van der Waals surface area contributed by atoms with Crippen molar-refractivity contribution in [1.29, 1.82) is 0 Å². The monoisotopic (exact) mass is 372 g/mol. The Labute approximate surface area is 123 Å². The van der Waals surface area contributed by atoms with Gasteiger partial charge in [0.1, 0.15) is 17.3 Å². The van der Waals surface area contributed by atoms with Gasteiger partial charge in [0.25, 0.3) is 5.91 Å². The second kappa shape index (κ2) is 5.96. The Bertz CT molecular complexity index is 619. The van der Waals surface area contributed by atoms with Gasteiger partial charge in [0, 0.05) is 15.8 Å². The molecule has 0 atom stereocenters. The summed E-state index contributed by atoms with van der Waals surface area (Å²) in [6, 6.07) is 5.68. The number of halogens is 2. The highest BCUT2D eigenvalue weighted by Crippen LogP contribution is 2.23. The van der Waals surface area contributed by atoms with Gasteiger partial charge in [-0.3, -0.25) is 9.78 Å². The average Bonchev–Trinajstić information content (AvgIpc) is 2.42. The summed E-state index contributed by atoms with van der Waals surface area (Å²) < 4.78 is 18.9. The van der Waals surface area contributed by atoms with Crippen LogP contribution in [0, 0.1) is 9.39 Å². The van der Waals surface area contributed by atoms with Crippen molar-refractivity contribution in [2.75, 3.05) is 12.4 Å². The summed E-state index contributed by atoms with van der Waals surface area (Å²) in [4.78, 5) is 16.0. The lowest BCUT2D eigenvalue weighted by atomic mass is 10.2. The quantitative estimate of drug-likeness (QED) is 0.843. The lowest BCUT2D eigenvalue weighted by Gasteiger charge is -2.10. The summed E-state index contributed by atoms with van der Waals surface area (Å²) >= 11 is 1.98. The SMILES string of the molecule is COc1ccncc1NC(=O)c1cc(F)ccc1I. The number of carbonyl (C=O) groups is 1. The first-order valence-electron chi connectivity index (χ1n) is 5.36. The van der Waals surface area contributed by atoms with Gasteiger partial charge < -0.3 is 10.1 Å². The Morgan fingerprint density at radius 1 is 1.42 bits per heavy atom. The molecule has 98 valence electrons. The molecule has 0 aliphatic carbocycles. The second-order valence-corrected chi connectivity index (χ2v) is 4.82. The van der Waals surface area contributed by atoms with Crippen molar-refractivity contribution in [3.05, 3.63) is 51.6 Å². The summed E-state index contributed by atoms with van der Waals surface area (Å²) in [6.07, 6.45) is 3.03. The molecule has 0 aliphatic rings. The molecule has 2 aromatic rings. The molecule has 1 heterocycles. The predicted octanol–water partition coefficient (Wildman–Crippen LogP) is 3.09. The van der Waals surface area contributed by atoms with Crippen LogP contribution < -0.4 is 10.1 Å². The normalized spacial score (nSPS) is 10.1. The minimum Gasteiger partial charge on any atom is -0.494 e. The van der Waals surface area contributed by atoms with E-state index in [1.54, 1.807) is 18.3 Å². The maximum Gasteiger partial charge on any atom is 0.256 e. The zero-order chi connectivity index (χ0) is 13.8. The fraction of sp³-hybridized carbons (Fsp3) is 0.0769. The molecule has 0 radical (unpaired) electrons. The molecule has 6 heteroatoms. The van der Waals surface area contributed by atoms with E-state index in [0.29, 0.717) is 15.0 Å². The molecule has 0 unspecified atom stereocenters. The Morgan fingerprint density at radius 2 is 2.21 bits per heavy atom. The number of rotatable bonds is 3. The fourth-order valence-corrected chi connectivity index (χ4v) is 2.10. The van der Waals surface area contributed by atoms with Crippen LogP contribution in [0.4, 0.5) is 10.1 Å². The number of carbonyl (C=O) groups excluding carboxylic acids is 1. The number of hydrogen-bond acceptors (Lipinski definition) is 3. The van der Waals surface area contributed by atoms with Gasteiger partial charge >= 0.3 is 0 Å². The van der Waals surface area contributed by atoms with Crippen LogP contribution in [0.2, 0.25) is 0 Å². The van der Waals surface area contributed by atoms with Crippen molar-refractivity contribution in [1.82, 2.24) is 4.98 Å². The lowest BCUT2D eigenvalue weighted by Crippen LogP contribution is -2.14. The van der Waals surface area contributed by atoms with Crippen molar-refractivity contribution in [2.24, 2.45) is 0 Å². The van der Waals surface area contributed by atoms with Gasteiger partial charge in [0.05, 0.1) is 18.9 Å². The van der Waals surface area contributed by atoms with E-state index in [1.165, 1.54) is 25.4 Å². The van der Waals surface area contributed by atoms with Gasteiger partial charge in [-0.2, -0.15) is 0 Å². The largest absolute Gasteiger partial charge is 0.494 e. The third-order valence-electron chi connectivity index (χ3n) is 2.42. The van der Waals surface area contributed by atoms with Crippen molar-refractivity contribution >= 4 is 34.2 Å². The van der Waals surface area contributed by atoms with Crippen molar-refractivity contribution in [2.45, 2.75) is 0 Å². The summed E-state index contributed by atoms with van der Waals surface area (Å²) in [5.74, 6) is -0.367. The number of benzene rings is 1. The van der Waals surface area contributed by atoms with E-state index in [0.717, 1.165) is 0 Å². The molecule has 19 heavy (non-hydrogen) atoms. The molecule has 2 rings (SSSR count). The predicted molar refractivity (Wildman–Crippen MR) is 77.9 cm³/mol.